The molecule has 3 N–H and O–H groups in total. The predicted octanol–water partition coefficient (Wildman–Crippen LogP) is 7.58. The van der Waals surface area contributed by atoms with Crippen molar-refractivity contribution in [3.05, 3.63) is 64.2 Å². The van der Waals surface area contributed by atoms with Crippen LogP contribution in [0.5, 0.6) is 5.75 Å². The van der Waals surface area contributed by atoms with E-state index in [1.165, 1.54) is 32.1 Å². The van der Waals surface area contributed by atoms with Crippen molar-refractivity contribution < 1.29 is 20.1 Å². The Kier molecular flexibility index (Phi) is 11.9. The first kappa shape index (κ1) is 32.3. The van der Waals surface area contributed by atoms with Crippen LogP contribution >= 0.6 is 0 Å². The second-order valence-electron chi connectivity index (χ2n) is 13.2. The molecule has 0 saturated heterocycles. The van der Waals surface area contributed by atoms with Crippen LogP contribution in [0.15, 0.2) is 36.4 Å². The molecule has 214 valence electrons. The quantitative estimate of drug-likeness (QED) is 0.222. The molecule has 0 radical (unpaired) electrons. The first-order valence-electron chi connectivity index (χ1n) is 14.6. The van der Waals surface area contributed by atoms with E-state index in [4.69, 9.17) is 4.74 Å². The Morgan fingerprint density at radius 2 is 1.24 bits per heavy atom. The largest absolute Gasteiger partial charge is 0.485 e. The van der Waals surface area contributed by atoms with Crippen molar-refractivity contribution in [1.29, 1.82) is 0 Å². The zero-order valence-corrected chi connectivity index (χ0v) is 25.4. The predicted molar refractivity (Wildman–Crippen MR) is 159 cm³/mol. The summed E-state index contributed by atoms with van der Waals surface area (Å²) in [7, 11) is 0. The lowest BCUT2D eigenvalue weighted by atomic mass is 9.69. The van der Waals surface area contributed by atoms with Crippen LogP contribution in [0, 0.1) is 12.3 Å². The van der Waals surface area contributed by atoms with Gasteiger partial charge in [-0.05, 0) is 53.4 Å². The molecule has 38 heavy (non-hydrogen) atoms. The fourth-order valence-corrected chi connectivity index (χ4v) is 5.26. The summed E-state index contributed by atoms with van der Waals surface area (Å²) < 4.78 is 6.90. The van der Waals surface area contributed by atoms with Crippen molar-refractivity contribution in [2.24, 2.45) is 5.41 Å². The maximum Gasteiger partial charge on any atom is 0.137 e. The standard InChI is InChI=1S/C34H54O4/c1-9-10-11-12-13-14-17-26-18-15-16-19-29(26)38-31(34(22-35,23-36)24-37)30-27(32(3,4)5)20-25(2)21-28(30)33(6,7)8/h15-16,18-21,31,35-37H,9-14,17,22-24H2,1-8H3. The number of hydrogen-bond acceptors (Lipinski definition) is 4. The van der Waals surface area contributed by atoms with E-state index in [1.807, 2.05) is 18.2 Å². The highest BCUT2D eigenvalue weighted by Crippen LogP contribution is 2.47. The fraction of sp³-hybridized carbons (Fsp3) is 0.647. The van der Waals surface area contributed by atoms with Gasteiger partial charge in [-0.15, -0.1) is 0 Å². The maximum atomic E-state index is 10.6. The minimum Gasteiger partial charge on any atom is -0.485 e. The average Bonchev–Trinajstić information content (AvgIpc) is 2.86. The third-order valence-corrected chi connectivity index (χ3v) is 7.72. The van der Waals surface area contributed by atoms with Crippen LogP contribution in [0.4, 0.5) is 0 Å². The molecular formula is C34H54O4. The SMILES string of the molecule is CCCCCCCCc1ccccc1OC(c1c(C(C)(C)C)cc(C)cc1C(C)(C)C)C(CO)(CO)CO. The molecular weight excluding hydrogens is 472 g/mol. The molecule has 1 unspecified atom stereocenters. The van der Waals surface area contributed by atoms with E-state index in [0.29, 0.717) is 0 Å². The summed E-state index contributed by atoms with van der Waals surface area (Å²) in [5.41, 5.74) is 3.77. The van der Waals surface area contributed by atoms with Gasteiger partial charge in [0.2, 0.25) is 0 Å². The molecule has 2 aromatic rings. The lowest BCUT2D eigenvalue weighted by molar-refractivity contribution is -0.0755. The summed E-state index contributed by atoms with van der Waals surface area (Å²) in [5.74, 6) is 0.756. The molecule has 0 spiro atoms. The van der Waals surface area contributed by atoms with E-state index in [9.17, 15) is 15.3 Å². The zero-order chi connectivity index (χ0) is 28.6. The van der Waals surface area contributed by atoms with Gasteiger partial charge in [-0.25, -0.2) is 0 Å². The Balaban J connectivity index is 2.68. The molecule has 0 aromatic heterocycles. The van der Waals surface area contributed by atoms with Crippen molar-refractivity contribution in [3.8, 4) is 5.75 Å². The van der Waals surface area contributed by atoms with Crippen LogP contribution in [0.25, 0.3) is 0 Å². The summed E-state index contributed by atoms with van der Waals surface area (Å²) in [4.78, 5) is 0. The lowest BCUT2D eigenvalue weighted by Gasteiger charge is -2.42. The number of para-hydroxylation sites is 1. The fourth-order valence-electron chi connectivity index (χ4n) is 5.26. The molecule has 0 aliphatic heterocycles. The highest BCUT2D eigenvalue weighted by atomic mass is 16.5. The molecule has 2 aromatic carbocycles. The molecule has 0 aliphatic rings. The van der Waals surface area contributed by atoms with Crippen molar-refractivity contribution in [3.63, 3.8) is 0 Å². The summed E-state index contributed by atoms with van der Waals surface area (Å²) in [6.07, 6.45) is 7.50. The van der Waals surface area contributed by atoms with E-state index in [-0.39, 0.29) is 10.8 Å². The summed E-state index contributed by atoms with van der Waals surface area (Å²) in [5, 5.41) is 31.9. The second kappa shape index (κ2) is 14.0. The topological polar surface area (TPSA) is 69.9 Å². The number of aliphatic hydroxyl groups excluding tert-OH is 3. The van der Waals surface area contributed by atoms with Crippen LogP contribution < -0.4 is 4.74 Å². The first-order chi connectivity index (χ1) is 17.8. The average molecular weight is 527 g/mol. The highest BCUT2D eigenvalue weighted by Gasteiger charge is 2.45. The van der Waals surface area contributed by atoms with Gasteiger partial charge >= 0.3 is 0 Å². The van der Waals surface area contributed by atoms with Crippen molar-refractivity contribution in [1.82, 2.24) is 0 Å². The maximum absolute atomic E-state index is 10.6. The molecule has 1 atom stereocenters. The molecule has 0 amide bonds. The smallest absolute Gasteiger partial charge is 0.137 e. The monoisotopic (exact) mass is 526 g/mol. The zero-order valence-electron chi connectivity index (χ0n) is 25.4. The van der Waals surface area contributed by atoms with Gasteiger partial charge in [0, 0.05) is 5.56 Å². The van der Waals surface area contributed by atoms with Gasteiger partial charge in [0.1, 0.15) is 11.9 Å². The normalized spacial score (nSPS) is 13.6. The third-order valence-electron chi connectivity index (χ3n) is 7.72. The van der Waals surface area contributed by atoms with Crippen LogP contribution in [0.3, 0.4) is 0 Å². The van der Waals surface area contributed by atoms with Crippen LogP contribution in [-0.2, 0) is 17.3 Å². The van der Waals surface area contributed by atoms with Gasteiger partial charge in [0.25, 0.3) is 0 Å². The Labute approximate surface area is 232 Å². The lowest BCUT2D eigenvalue weighted by Crippen LogP contribution is -2.44. The third kappa shape index (κ3) is 8.07. The minimum absolute atomic E-state index is 0.215. The molecule has 4 heteroatoms. The number of unbranched alkanes of at least 4 members (excludes halogenated alkanes) is 5. The molecule has 0 aliphatic carbocycles. The molecule has 0 heterocycles. The second-order valence-corrected chi connectivity index (χ2v) is 13.2. The highest BCUT2D eigenvalue weighted by molar-refractivity contribution is 5.48. The van der Waals surface area contributed by atoms with Crippen LogP contribution in [-0.4, -0.2) is 35.1 Å². The summed E-state index contributed by atoms with van der Waals surface area (Å²) in [6, 6.07) is 12.5. The molecule has 0 bridgehead atoms. The molecule has 2 rings (SSSR count). The number of hydrogen-bond donors (Lipinski definition) is 3. The van der Waals surface area contributed by atoms with E-state index in [1.54, 1.807) is 0 Å². The molecule has 0 saturated carbocycles. The number of aliphatic hydroxyl groups is 3. The Morgan fingerprint density at radius 1 is 0.737 bits per heavy atom. The van der Waals surface area contributed by atoms with Gasteiger partial charge in [-0.2, -0.15) is 0 Å². The van der Waals surface area contributed by atoms with Crippen molar-refractivity contribution >= 4 is 0 Å². The summed E-state index contributed by atoms with van der Waals surface area (Å²) in [6.45, 7) is 16.2. The van der Waals surface area contributed by atoms with Gasteiger partial charge in [0.05, 0.1) is 25.2 Å². The van der Waals surface area contributed by atoms with Crippen LogP contribution in [0.1, 0.15) is 121 Å². The van der Waals surface area contributed by atoms with Gasteiger partial charge in [-0.1, -0.05) is 116 Å². The number of rotatable bonds is 14. The Bertz CT molecular complexity index is 949. The van der Waals surface area contributed by atoms with Crippen molar-refractivity contribution in [2.45, 2.75) is 117 Å². The van der Waals surface area contributed by atoms with Crippen molar-refractivity contribution in [2.75, 3.05) is 19.8 Å². The van der Waals surface area contributed by atoms with Gasteiger partial charge < -0.3 is 20.1 Å². The van der Waals surface area contributed by atoms with E-state index < -0.39 is 31.3 Å². The van der Waals surface area contributed by atoms with E-state index in [2.05, 4.69) is 73.6 Å². The molecule has 0 fully saturated rings. The Morgan fingerprint density at radius 3 is 1.74 bits per heavy atom. The molecule has 4 nitrogen and oxygen atoms in total. The minimum atomic E-state index is -1.26. The van der Waals surface area contributed by atoms with Gasteiger partial charge in [-0.3, -0.25) is 0 Å². The van der Waals surface area contributed by atoms with Crippen LogP contribution in [0.2, 0.25) is 0 Å². The number of aryl methyl sites for hydroxylation is 2. The Hall–Kier alpha value is -1.88. The van der Waals surface area contributed by atoms with E-state index >= 15 is 0 Å². The van der Waals surface area contributed by atoms with Gasteiger partial charge in [0.15, 0.2) is 0 Å². The van der Waals surface area contributed by atoms with E-state index in [0.717, 1.165) is 46.4 Å². The number of benzene rings is 2. The first-order valence-corrected chi connectivity index (χ1v) is 14.6. The summed E-state index contributed by atoms with van der Waals surface area (Å²) >= 11 is 0. The number of ether oxygens (including phenoxy) is 1.